The summed E-state index contributed by atoms with van der Waals surface area (Å²) in [6, 6.07) is 0. The van der Waals surface area contributed by atoms with Crippen molar-refractivity contribution in [3.8, 4) is 0 Å². The van der Waals surface area contributed by atoms with Gasteiger partial charge in [0.2, 0.25) is 11.8 Å². The van der Waals surface area contributed by atoms with Gasteiger partial charge in [-0.2, -0.15) is 0 Å². The molecule has 4 rings (SSSR count). The molecule has 0 unspecified atom stereocenters. The molecule has 0 radical (unpaired) electrons. The first-order chi connectivity index (χ1) is 11.7. The first kappa shape index (κ1) is 16.7. The first-order valence-corrected chi connectivity index (χ1v) is 10.0. The van der Waals surface area contributed by atoms with Crippen LogP contribution in [0.3, 0.4) is 0 Å². The molecule has 0 bridgehead atoms. The molecule has 4 fully saturated rings. The number of amides is 2. The van der Waals surface area contributed by atoms with Crippen molar-refractivity contribution in [3.63, 3.8) is 0 Å². The van der Waals surface area contributed by atoms with Crippen LogP contribution in [0.15, 0.2) is 0 Å². The summed E-state index contributed by atoms with van der Waals surface area (Å²) in [5.41, 5.74) is 0. The maximum Gasteiger partial charge on any atom is 0.248 e. The van der Waals surface area contributed by atoms with E-state index in [2.05, 4.69) is 0 Å². The van der Waals surface area contributed by atoms with Gasteiger partial charge in [-0.05, 0) is 25.7 Å². The molecule has 2 atom stereocenters. The fraction of sp³-hybridized carbons (Fsp3) is 0.882. The number of likely N-dealkylation sites (tertiary alicyclic amines) is 2. The minimum absolute atomic E-state index is 0.0684. The zero-order valence-electron chi connectivity index (χ0n) is 14.1. The molecular formula is C17H26N2O4S. The fourth-order valence-electron chi connectivity index (χ4n) is 4.17. The molecule has 4 aliphatic heterocycles. The van der Waals surface area contributed by atoms with Crippen LogP contribution >= 0.6 is 11.8 Å². The van der Waals surface area contributed by atoms with Gasteiger partial charge in [0.15, 0.2) is 0 Å². The second-order valence-electron chi connectivity index (χ2n) is 7.47. The molecular weight excluding hydrogens is 328 g/mol. The van der Waals surface area contributed by atoms with Gasteiger partial charge < -0.3 is 19.3 Å². The fourth-order valence-corrected chi connectivity index (χ4v) is 5.72. The standard InChI is InChI=1S/C17H26N2O4S/c20-15(18-4-1-2-5-18)9-23-14-7-17(24-10-14)11-19(12-17)16(21)13-3-6-22-8-13/h13-14H,1-12H2/t13-,14+/m0/s1. The lowest BCUT2D eigenvalue weighted by atomic mass is 9.91. The van der Waals surface area contributed by atoms with Gasteiger partial charge >= 0.3 is 0 Å². The molecule has 0 aromatic rings. The van der Waals surface area contributed by atoms with Crippen molar-refractivity contribution in [1.82, 2.24) is 9.80 Å². The molecule has 4 aliphatic rings. The van der Waals surface area contributed by atoms with Crippen LogP contribution < -0.4 is 0 Å². The van der Waals surface area contributed by atoms with Gasteiger partial charge in [0.05, 0.1) is 23.4 Å². The molecule has 0 aromatic heterocycles. The predicted molar refractivity (Wildman–Crippen MR) is 90.9 cm³/mol. The van der Waals surface area contributed by atoms with Crippen molar-refractivity contribution in [2.24, 2.45) is 5.92 Å². The Morgan fingerprint density at radius 2 is 2.00 bits per heavy atom. The van der Waals surface area contributed by atoms with Crippen molar-refractivity contribution in [2.75, 3.05) is 51.8 Å². The van der Waals surface area contributed by atoms with Crippen molar-refractivity contribution >= 4 is 23.6 Å². The molecule has 2 amide bonds. The molecule has 0 saturated carbocycles. The quantitative estimate of drug-likeness (QED) is 0.746. The number of nitrogens with zero attached hydrogens (tertiary/aromatic N) is 2. The molecule has 4 heterocycles. The molecule has 1 spiro atoms. The van der Waals surface area contributed by atoms with Gasteiger partial charge in [-0.15, -0.1) is 11.8 Å². The second kappa shape index (κ2) is 6.84. The smallest absolute Gasteiger partial charge is 0.248 e. The van der Waals surface area contributed by atoms with E-state index in [0.717, 1.165) is 57.6 Å². The lowest BCUT2D eigenvalue weighted by Crippen LogP contribution is -2.62. The number of carbonyl (C=O) groups is 2. The van der Waals surface area contributed by atoms with Crippen LogP contribution in [0.2, 0.25) is 0 Å². The summed E-state index contributed by atoms with van der Waals surface area (Å²) in [6.45, 7) is 4.93. The highest BCUT2D eigenvalue weighted by Gasteiger charge is 2.51. The van der Waals surface area contributed by atoms with Gasteiger partial charge in [0.25, 0.3) is 0 Å². The van der Waals surface area contributed by atoms with E-state index in [1.807, 2.05) is 21.6 Å². The van der Waals surface area contributed by atoms with E-state index in [-0.39, 0.29) is 35.2 Å². The average molecular weight is 354 g/mol. The van der Waals surface area contributed by atoms with Gasteiger partial charge in [-0.1, -0.05) is 0 Å². The molecule has 24 heavy (non-hydrogen) atoms. The maximum absolute atomic E-state index is 12.4. The lowest BCUT2D eigenvalue weighted by molar-refractivity contribution is -0.141. The Morgan fingerprint density at radius 3 is 2.71 bits per heavy atom. The summed E-state index contributed by atoms with van der Waals surface area (Å²) in [6.07, 6.45) is 4.19. The molecule has 0 aliphatic carbocycles. The van der Waals surface area contributed by atoms with Gasteiger partial charge in [0.1, 0.15) is 6.61 Å². The molecule has 0 N–H and O–H groups in total. The Balaban J connectivity index is 1.20. The third-order valence-corrected chi connectivity index (χ3v) is 7.20. The Labute approximate surface area is 147 Å². The Kier molecular flexibility index (Phi) is 4.75. The van der Waals surface area contributed by atoms with E-state index in [1.54, 1.807) is 0 Å². The zero-order chi connectivity index (χ0) is 16.6. The molecule has 7 heteroatoms. The summed E-state index contributed by atoms with van der Waals surface area (Å²) in [4.78, 5) is 28.3. The number of ether oxygens (including phenoxy) is 2. The topological polar surface area (TPSA) is 59.1 Å². The SMILES string of the molecule is O=C(CO[C@H]1CSC2(C1)CN(C(=O)[C@H]1CCOC1)C2)N1CCCC1. The number of hydrogen-bond donors (Lipinski definition) is 0. The molecule has 134 valence electrons. The highest BCUT2D eigenvalue weighted by molar-refractivity contribution is 8.01. The van der Waals surface area contributed by atoms with Crippen LogP contribution in [0.4, 0.5) is 0 Å². The molecule has 6 nitrogen and oxygen atoms in total. The van der Waals surface area contributed by atoms with Crippen LogP contribution in [0, 0.1) is 5.92 Å². The van der Waals surface area contributed by atoms with Gasteiger partial charge in [-0.3, -0.25) is 9.59 Å². The summed E-state index contributed by atoms with van der Waals surface area (Å²) >= 11 is 1.91. The maximum atomic E-state index is 12.4. The lowest BCUT2D eigenvalue weighted by Gasteiger charge is -2.48. The van der Waals surface area contributed by atoms with Crippen LogP contribution in [0.1, 0.15) is 25.7 Å². The Hall–Kier alpha value is -0.790. The van der Waals surface area contributed by atoms with Gasteiger partial charge in [0, 0.05) is 38.5 Å². The monoisotopic (exact) mass is 354 g/mol. The van der Waals surface area contributed by atoms with E-state index in [1.165, 1.54) is 0 Å². The second-order valence-corrected chi connectivity index (χ2v) is 8.96. The largest absolute Gasteiger partial charge is 0.381 e. The van der Waals surface area contributed by atoms with E-state index >= 15 is 0 Å². The summed E-state index contributed by atoms with van der Waals surface area (Å²) in [5, 5.41) is 0. The minimum atomic E-state index is 0.0684. The van der Waals surface area contributed by atoms with Gasteiger partial charge in [-0.25, -0.2) is 0 Å². The van der Waals surface area contributed by atoms with Crippen LogP contribution in [0.5, 0.6) is 0 Å². The minimum Gasteiger partial charge on any atom is -0.381 e. The molecule has 4 saturated heterocycles. The van der Waals surface area contributed by atoms with Crippen LogP contribution in [-0.4, -0.2) is 84.2 Å². The molecule has 0 aromatic carbocycles. The van der Waals surface area contributed by atoms with Crippen molar-refractivity contribution in [2.45, 2.75) is 36.5 Å². The number of hydrogen-bond acceptors (Lipinski definition) is 5. The van der Waals surface area contributed by atoms with Crippen molar-refractivity contribution < 1.29 is 19.1 Å². The number of carbonyl (C=O) groups excluding carboxylic acids is 2. The third kappa shape index (κ3) is 3.30. The van der Waals surface area contributed by atoms with Crippen molar-refractivity contribution in [3.05, 3.63) is 0 Å². The number of thioether (sulfide) groups is 1. The zero-order valence-corrected chi connectivity index (χ0v) is 14.9. The third-order valence-electron chi connectivity index (χ3n) is 5.63. The highest BCUT2D eigenvalue weighted by Crippen LogP contribution is 2.46. The first-order valence-electron chi connectivity index (χ1n) is 9.05. The number of rotatable bonds is 4. The van der Waals surface area contributed by atoms with Crippen LogP contribution in [-0.2, 0) is 19.1 Å². The predicted octanol–water partition coefficient (Wildman–Crippen LogP) is 0.748. The van der Waals surface area contributed by atoms with E-state index < -0.39 is 0 Å². The summed E-state index contributed by atoms with van der Waals surface area (Å²) in [7, 11) is 0. The van der Waals surface area contributed by atoms with E-state index in [4.69, 9.17) is 9.47 Å². The Bertz CT molecular complexity index is 497. The normalized spacial score (nSPS) is 31.7. The average Bonchev–Trinajstić information content (AvgIpc) is 3.31. The van der Waals surface area contributed by atoms with Crippen LogP contribution in [0.25, 0.3) is 0 Å². The summed E-state index contributed by atoms with van der Waals surface area (Å²) in [5.74, 6) is 1.39. The van der Waals surface area contributed by atoms with E-state index in [9.17, 15) is 9.59 Å². The van der Waals surface area contributed by atoms with E-state index in [0.29, 0.717) is 13.2 Å². The Morgan fingerprint density at radius 1 is 1.21 bits per heavy atom. The van der Waals surface area contributed by atoms with Crippen molar-refractivity contribution in [1.29, 1.82) is 0 Å². The summed E-state index contributed by atoms with van der Waals surface area (Å²) < 4.78 is 11.4. The highest BCUT2D eigenvalue weighted by atomic mass is 32.2.